The standard InChI is InChI=1S/C28H31N3O7/c1-14-15(2)25(34)28(3)18(8-7-16-11-21(37-5)24(33)22(12-16)38-6)17-9-10-30-26(35)29(4)27(36)31(30)20(17)13-19(28)23(14)32/h7-9,11-12,18-20,33H,10,13H2,1-6H3/t18-,19-,20+,28-/m0/s1. The third-order valence-corrected chi connectivity index (χ3v) is 8.68. The van der Waals surface area contributed by atoms with Gasteiger partial charge in [0.15, 0.2) is 23.1 Å². The maximum atomic E-state index is 13.9. The number of carbonyl (C=O) groups is 2. The molecule has 1 N–H and O–H groups in total. The fourth-order valence-corrected chi connectivity index (χ4v) is 6.37. The van der Waals surface area contributed by atoms with Crippen LogP contribution in [0.3, 0.4) is 0 Å². The Labute approximate surface area is 219 Å². The van der Waals surface area contributed by atoms with Crippen molar-refractivity contribution in [2.24, 2.45) is 24.3 Å². The third kappa shape index (κ3) is 3.32. The van der Waals surface area contributed by atoms with E-state index < -0.39 is 34.7 Å². The zero-order chi connectivity index (χ0) is 27.7. The second-order valence-corrected chi connectivity index (χ2v) is 10.4. The van der Waals surface area contributed by atoms with Gasteiger partial charge in [-0.05, 0) is 54.7 Å². The van der Waals surface area contributed by atoms with Crippen molar-refractivity contribution in [3.8, 4) is 17.2 Å². The molecule has 0 saturated heterocycles. The van der Waals surface area contributed by atoms with Gasteiger partial charge in [0.05, 0.1) is 32.2 Å². The minimum atomic E-state index is -1.08. The van der Waals surface area contributed by atoms with E-state index in [2.05, 4.69) is 0 Å². The molecule has 0 unspecified atom stereocenters. The molecule has 0 bridgehead atoms. The molecule has 0 radical (unpaired) electrons. The Kier molecular flexibility index (Phi) is 5.89. The van der Waals surface area contributed by atoms with Crippen LogP contribution in [0.15, 0.2) is 50.6 Å². The first-order valence-electron chi connectivity index (χ1n) is 12.4. The zero-order valence-corrected chi connectivity index (χ0v) is 22.3. The van der Waals surface area contributed by atoms with Gasteiger partial charge in [0.1, 0.15) is 0 Å². The molecule has 0 amide bonds. The highest BCUT2D eigenvalue weighted by atomic mass is 16.5. The second-order valence-electron chi connectivity index (χ2n) is 10.4. The molecule has 1 aromatic heterocycles. The second kappa shape index (κ2) is 8.75. The minimum absolute atomic E-state index is 0.0992. The lowest BCUT2D eigenvalue weighted by Gasteiger charge is -2.52. The van der Waals surface area contributed by atoms with Crippen molar-refractivity contribution in [3.05, 3.63) is 67.5 Å². The van der Waals surface area contributed by atoms with Crippen molar-refractivity contribution < 1.29 is 24.2 Å². The highest BCUT2D eigenvalue weighted by molar-refractivity contribution is 6.15. The number of aromatic hydroxyl groups is 1. The molecule has 1 aromatic carbocycles. The number of ketones is 2. The van der Waals surface area contributed by atoms with E-state index in [-0.39, 0.29) is 41.8 Å². The van der Waals surface area contributed by atoms with Crippen LogP contribution in [0.1, 0.15) is 38.8 Å². The average Bonchev–Trinajstić information content (AvgIpc) is 3.14. The lowest BCUT2D eigenvalue weighted by molar-refractivity contribution is -0.141. The monoisotopic (exact) mass is 521 g/mol. The number of rotatable bonds is 4. The summed E-state index contributed by atoms with van der Waals surface area (Å²) in [6.45, 7) is 5.37. The quantitative estimate of drug-likeness (QED) is 0.613. The minimum Gasteiger partial charge on any atom is -0.502 e. The van der Waals surface area contributed by atoms with Crippen LogP contribution in [-0.2, 0) is 23.2 Å². The molecular weight excluding hydrogens is 490 g/mol. The molecule has 3 aliphatic rings. The Morgan fingerprint density at radius 3 is 2.26 bits per heavy atom. The molecule has 1 aliphatic heterocycles. The fourth-order valence-electron chi connectivity index (χ4n) is 6.37. The number of aromatic nitrogens is 3. The van der Waals surface area contributed by atoms with Crippen molar-refractivity contribution in [1.82, 2.24) is 13.9 Å². The number of hydrogen-bond acceptors (Lipinski definition) is 7. The number of phenols is 1. The summed E-state index contributed by atoms with van der Waals surface area (Å²) in [6.07, 6.45) is 5.82. The highest BCUT2D eigenvalue weighted by Gasteiger charge is 2.59. The van der Waals surface area contributed by atoms with Gasteiger partial charge in [0, 0.05) is 18.9 Å². The number of phenolic OH excluding ortho intramolecular Hbond substituents is 1. The number of carbonyl (C=O) groups excluding carboxylic acids is 2. The first-order chi connectivity index (χ1) is 18.0. The summed E-state index contributed by atoms with van der Waals surface area (Å²) in [5.41, 5.74) is 0.403. The SMILES string of the molecule is COc1cc(C=C[C@H]2C3=CCn4c(=O)n(C)c(=O)n4[C@@H]3C[C@H]3C(=O)C(C)=C(C)C(=O)[C@@]23C)cc(OC)c1O. The van der Waals surface area contributed by atoms with Crippen LogP contribution in [0.25, 0.3) is 6.08 Å². The van der Waals surface area contributed by atoms with Gasteiger partial charge >= 0.3 is 11.4 Å². The van der Waals surface area contributed by atoms with Crippen molar-refractivity contribution in [1.29, 1.82) is 0 Å². The van der Waals surface area contributed by atoms with Crippen LogP contribution in [0.2, 0.25) is 0 Å². The number of ether oxygens (including phenoxy) is 2. The molecule has 10 nitrogen and oxygen atoms in total. The molecule has 5 rings (SSSR count). The van der Waals surface area contributed by atoms with Gasteiger partial charge in [-0.25, -0.2) is 23.5 Å². The van der Waals surface area contributed by atoms with Gasteiger partial charge in [0.25, 0.3) is 0 Å². The van der Waals surface area contributed by atoms with E-state index in [9.17, 15) is 24.3 Å². The van der Waals surface area contributed by atoms with Crippen LogP contribution in [0, 0.1) is 17.3 Å². The number of hydrogen-bond donors (Lipinski definition) is 1. The van der Waals surface area contributed by atoms with Crippen LogP contribution < -0.4 is 20.9 Å². The normalized spacial score (nSPS) is 26.7. The maximum absolute atomic E-state index is 13.9. The van der Waals surface area contributed by atoms with E-state index in [4.69, 9.17) is 9.47 Å². The Bertz CT molecular complexity index is 1570. The Balaban J connectivity index is 1.71. The number of fused-ring (bicyclic) bond motifs is 4. The van der Waals surface area contributed by atoms with Gasteiger partial charge in [-0.3, -0.25) is 9.59 Å². The molecule has 200 valence electrons. The Hall–Kier alpha value is -4.08. The van der Waals surface area contributed by atoms with Crippen molar-refractivity contribution >= 4 is 17.6 Å². The lowest BCUT2D eigenvalue weighted by atomic mass is 9.51. The molecule has 10 heteroatoms. The third-order valence-electron chi connectivity index (χ3n) is 8.68. The summed E-state index contributed by atoms with van der Waals surface area (Å²) in [5, 5.41) is 10.3. The average molecular weight is 522 g/mol. The number of allylic oxidation sites excluding steroid dienone is 5. The van der Waals surface area contributed by atoms with E-state index in [1.54, 1.807) is 32.1 Å². The molecule has 1 fully saturated rings. The number of methoxy groups -OCH3 is 2. The van der Waals surface area contributed by atoms with Crippen molar-refractivity contribution in [2.45, 2.75) is 39.8 Å². The number of benzene rings is 1. The van der Waals surface area contributed by atoms with E-state index in [0.29, 0.717) is 16.7 Å². The Morgan fingerprint density at radius 2 is 1.66 bits per heavy atom. The topological polar surface area (TPSA) is 122 Å². The fraction of sp³-hybridized carbons (Fsp3) is 0.429. The van der Waals surface area contributed by atoms with Crippen molar-refractivity contribution in [3.63, 3.8) is 0 Å². The summed E-state index contributed by atoms with van der Waals surface area (Å²) in [4.78, 5) is 53.3. The molecule has 2 aliphatic carbocycles. The van der Waals surface area contributed by atoms with Gasteiger partial charge in [-0.1, -0.05) is 25.2 Å². The van der Waals surface area contributed by atoms with E-state index >= 15 is 0 Å². The molecule has 38 heavy (non-hydrogen) atoms. The first kappa shape index (κ1) is 25.6. The van der Waals surface area contributed by atoms with Gasteiger partial charge in [-0.15, -0.1) is 0 Å². The summed E-state index contributed by atoms with van der Waals surface area (Å²) in [7, 11) is 4.31. The zero-order valence-electron chi connectivity index (χ0n) is 22.3. The summed E-state index contributed by atoms with van der Waals surface area (Å²) >= 11 is 0. The number of Topliss-reactive ketones (excluding diaryl/α,β-unsaturated/α-hetero) is 2. The smallest absolute Gasteiger partial charge is 0.347 e. The van der Waals surface area contributed by atoms with E-state index in [0.717, 1.165) is 10.1 Å². The van der Waals surface area contributed by atoms with Gasteiger partial charge in [-0.2, -0.15) is 0 Å². The predicted octanol–water partition coefficient (Wildman–Crippen LogP) is 2.40. The van der Waals surface area contributed by atoms with Crippen LogP contribution in [0.4, 0.5) is 0 Å². The first-order valence-corrected chi connectivity index (χ1v) is 12.4. The van der Waals surface area contributed by atoms with Crippen molar-refractivity contribution in [2.75, 3.05) is 14.2 Å². The Morgan fingerprint density at radius 1 is 1.03 bits per heavy atom. The predicted molar refractivity (Wildman–Crippen MR) is 139 cm³/mol. The van der Waals surface area contributed by atoms with Crippen LogP contribution in [0.5, 0.6) is 17.2 Å². The van der Waals surface area contributed by atoms with Gasteiger partial charge in [0.2, 0.25) is 5.75 Å². The van der Waals surface area contributed by atoms with E-state index in [1.165, 1.54) is 30.6 Å². The largest absolute Gasteiger partial charge is 0.502 e. The summed E-state index contributed by atoms with van der Waals surface area (Å²) < 4.78 is 14.4. The molecule has 2 heterocycles. The maximum Gasteiger partial charge on any atom is 0.347 e. The lowest BCUT2D eigenvalue weighted by Crippen LogP contribution is -2.56. The molecule has 0 spiro atoms. The molecule has 2 aromatic rings. The molecular formula is C28H31N3O7. The summed E-state index contributed by atoms with van der Waals surface area (Å²) in [6, 6.07) is 2.74. The van der Waals surface area contributed by atoms with E-state index in [1.807, 2.05) is 19.1 Å². The highest BCUT2D eigenvalue weighted by Crippen LogP contribution is 2.57. The summed E-state index contributed by atoms with van der Waals surface area (Å²) in [5.74, 6) is -1.09. The molecule has 1 saturated carbocycles. The van der Waals surface area contributed by atoms with Gasteiger partial charge < -0.3 is 14.6 Å². The number of nitrogens with zero attached hydrogens (tertiary/aromatic N) is 3. The van der Waals surface area contributed by atoms with Crippen LogP contribution in [-0.4, -0.2) is 44.8 Å². The van der Waals surface area contributed by atoms with Crippen LogP contribution >= 0.6 is 0 Å². The molecule has 4 atom stereocenters.